The number of hydrogen-bond donors (Lipinski definition) is 0. The molecule has 2 heterocycles. The van der Waals surface area contributed by atoms with Crippen molar-refractivity contribution in [3.05, 3.63) is 46.0 Å². The Morgan fingerprint density at radius 1 is 1.24 bits per heavy atom. The lowest BCUT2D eigenvalue weighted by molar-refractivity contribution is 0.608. The summed E-state index contributed by atoms with van der Waals surface area (Å²) in [6.07, 6.45) is 1.54. The van der Waals surface area contributed by atoms with Crippen LogP contribution >= 0.6 is 27.5 Å². The summed E-state index contributed by atoms with van der Waals surface area (Å²) in [4.78, 5) is 8.43. The summed E-state index contributed by atoms with van der Waals surface area (Å²) in [5.41, 5.74) is 2.05. The molecular weight excluding hydrogens is 304 g/mol. The van der Waals surface area contributed by atoms with E-state index in [2.05, 4.69) is 25.9 Å². The molecule has 0 bridgehead atoms. The highest BCUT2D eigenvalue weighted by Gasteiger charge is 2.09. The van der Waals surface area contributed by atoms with Crippen LogP contribution in [-0.2, 0) is 0 Å². The zero-order valence-electron chi connectivity index (χ0n) is 8.52. The fourth-order valence-corrected chi connectivity index (χ4v) is 2.09. The van der Waals surface area contributed by atoms with E-state index in [0.717, 1.165) is 10.0 Å². The first-order chi connectivity index (χ1) is 8.22. The maximum absolute atomic E-state index is 5.85. The quantitative estimate of drug-likeness (QED) is 0.672. The number of benzene rings is 1. The second-order valence-electron chi connectivity index (χ2n) is 3.51. The predicted octanol–water partition coefficient (Wildman–Crippen LogP) is 4.31. The zero-order chi connectivity index (χ0) is 11.8. The van der Waals surface area contributed by atoms with Gasteiger partial charge in [-0.2, -0.15) is 0 Å². The topological polar surface area (TPSA) is 38.9 Å². The largest absolute Gasteiger partial charge is 0.418 e. The highest BCUT2D eigenvalue weighted by atomic mass is 79.9. The predicted molar refractivity (Wildman–Crippen MR) is 70.0 cm³/mol. The fraction of sp³-hybridized carbons (Fsp3) is 0. The second-order valence-corrected chi connectivity index (χ2v) is 4.86. The van der Waals surface area contributed by atoms with E-state index in [1.807, 2.05) is 24.3 Å². The van der Waals surface area contributed by atoms with Gasteiger partial charge in [0.1, 0.15) is 5.52 Å². The molecule has 0 aliphatic carbocycles. The van der Waals surface area contributed by atoms with E-state index in [0.29, 0.717) is 22.1 Å². The Morgan fingerprint density at radius 3 is 2.94 bits per heavy atom. The van der Waals surface area contributed by atoms with Crippen LogP contribution in [0.3, 0.4) is 0 Å². The molecule has 84 valence electrons. The van der Waals surface area contributed by atoms with Gasteiger partial charge in [0.25, 0.3) is 0 Å². The van der Waals surface area contributed by atoms with Crippen LogP contribution in [0.2, 0.25) is 5.02 Å². The molecule has 0 saturated heterocycles. The number of pyridine rings is 1. The normalized spacial score (nSPS) is 10.9. The number of hydrogen-bond acceptors (Lipinski definition) is 3. The molecule has 0 fully saturated rings. The first-order valence-electron chi connectivity index (χ1n) is 4.90. The van der Waals surface area contributed by atoms with Crippen LogP contribution in [-0.4, -0.2) is 9.97 Å². The molecule has 0 spiro atoms. The lowest BCUT2D eigenvalue weighted by Gasteiger charge is -1.94. The van der Waals surface area contributed by atoms with E-state index in [9.17, 15) is 0 Å². The third-order valence-corrected chi connectivity index (χ3v) is 2.99. The van der Waals surface area contributed by atoms with Crippen molar-refractivity contribution in [2.24, 2.45) is 0 Å². The van der Waals surface area contributed by atoms with E-state index in [4.69, 9.17) is 16.0 Å². The van der Waals surface area contributed by atoms with Crippen LogP contribution in [0.1, 0.15) is 0 Å². The Kier molecular flexibility index (Phi) is 2.61. The molecule has 17 heavy (non-hydrogen) atoms. The zero-order valence-corrected chi connectivity index (χ0v) is 10.9. The maximum Gasteiger partial charge on any atom is 0.247 e. The minimum Gasteiger partial charge on any atom is -0.418 e. The van der Waals surface area contributed by atoms with Crippen molar-refractivity contribution < 1.29 is 4.42 Å². The molecule has 1 aromatic carbocycles. The SMILES string of the molecule is Clc1cnc2oc(-c3cccc(Br)c3)nc2c1. The Bertz CT molecular complexity index is 696. The summed E-state index contributed by atoms with van der Waals surface area (Å²) in [5, 5.41) is 0.548. The molecule has 3 nitrogen and oxygen atoms in total. The van der Waals surface area contributed by atoms with Gasteiger partial charge in [0.05, 0.1) is 5.02 Å². The average molecular weight is 310 g/mol. The van der Waals surface area contributed by atoms with Crippen molar-refractivity contribution in [2.45, 2.75) is 0 Å². The fourth-order valence-electron chi connectivity index (χ4n) is 1.54. The Morgan fingerprint density at radius 2 is 2.12 bits per heavy atom. The Hall–Kier alpha value is -1.39. The van der Waals surface area contributed by atoms with Crippen LogP contribution in [0.15, 0.2) is 45.4 Å². The summed E-state index contributed by atoms with van der Waals surface area (Å²) in [5.74, 6) is 0.538. The molecule has 5 heteroatoms. The Balaban J connectivity index is 2.18. The van der Waals surface area contributed by atoms with E-state index in [-0.39, 0.29) is 0 Å². The molecule has 0 saturated carbocycles. The molecule has 0 aliphatic heterocycles. The van der Waals surface area contributed by atoms with Crippen LogP contribution in [0.25, 0.3) is 22.7 Å². The number of nitrogens with zero attached hydrogens (tertiary/aromatic N) is 2. The minimum absolute atomic E-state index is 0.490. The van der Waals surface area contributed by atoms with Gasteiger partial charge >= 0.3 is 0 Å². The number of aromatic nitrogens is 2. The summed E-state index contributed by atoms with van der Waals surface area (Å²) in [7, 11) is 0. The Labute approximate surface area is 111 Å². The van der Waals surface area contributed by atoms with Gasteiger partial charge < -0.3 is 4.42 Å². The molecule has 0 N–H and O–H groups in total. The van der Waals surface area contributed by atoms with Crippen molar-refractivity contribution in [1.82, 2.24) is 9.97 Å². The van der Waals surface area contributed by atoms with Crippen LogP contribution < -0.4 is 0 Å². The maximum atomic E-state index is 5.85. The summed E-state index contributed by atoms with van der Waals surface area (Å²) in [6, 6.07) is 9.47. The molecule has 3 aromatic rings. The highest BCUT2D eigenvalue weighted by molar-refractivity contribution is 9.10. The third kappa shape index (κ3) is 2.06. The summed E-state index contributed by atoms with van der Waals surface area (Å²) < 4.78 is 6.54. The van der Waals surface area contributed by atoms with Gasteiger partial charge in [-0.1, -0.05) is 33.6 Å². The molecular formula is C12H6BrClN2O. The summed E-state index contributed by atoms with van der Waals surface area (Å²) >= 11 is 9.26. The van der Waals surface area contributed by atoms with Crippen molar-refractivity contribution >= 4 is 38.8 Å². The van der Waals surface area contributed by atoms with E-state index in [1.165, 1.54) is 0 Å². The van der Waals surface area contributed by atoms with Crippen molar-refractivity contribution in [1.29, 1.82) is 0 Å². The van der Waals surface area contributed by atoms with Crippen molar-refractivity contribution in [3.8, 4) is 11.5 Å². The standard InChI is InChI=1S/C12H6BrClN2O/c13-8-3-1-2-7(4-8)11-16-10-5-9(14)6-15-12(10)17-11/h1-6H. The molecule has 0 aliphatic rings. The highest BCUT2D eigenvalue weighted by Crippen LogP contribution is 2.26. The minimum atomic E-state index is 0.490. The van der Waals surface area contributed by atoms with Gasteiger partial charge in [-0.25, -0.2) is 9.97 Å². The molecule has 0 atom stereocenters. The van der Waals surface area contributed by atoms with Crippen molar-refractivity contribution in [3.63, 3.8) is 0 Å². The van der Waals surface area contributed by atoms with Crippen LogP contribution in [0, 0.1) is 0 Å². The number of fused-ring (bicyclic) bond motifs is 1. The molecule has 2 aromatic heterocycles. The van der Waals surface area contributed by atoms with Gasteiger partial charge in [0, 0.05) is 16.2 Å². The van der Waals surface area contributed by atoms with Gasteiger partial charge in [-0.15, -0.1) is 0 Å². The van der Waals surface area contributed by atoms with Gasteiger partial charge in [-0.3, -0.25) is 0 Å². The lowest BCUT2D eigenvalue weighted by atomic mass is 10.2. The molecule has 3 rings (SSSR count). The number of oxazole rings is 1. The smallest absolute Gasteiger partial charge is 0.247 e. The van der Waals surface area contributed by atoms with Crippen LogP contribution in [0.5, 0.6) is 0 Å². The third-order valence-electron chi connectivity index (χ3n) is 2.29. The number of rotatable bonds is 1. The first-order valence-corrected chi connectivity index (χ1v) is 6.07. The molecule has 0 unspecified atom stereocenters. The monoisotopic (exact) mass is 308 g/mol. The molecule has 0 radical (unpaired) electrons. The number of halogens is 2. The van der Waals surface area contributed by atoms with Gasteiger partial charge in [-0.05, 0) is 24.3 Å². The van der Waals surface area contributed by atoms with Gasteiger partial charge in [0.2, 0.25) is 11.6 Å². The molecule has 0 amide bonds. The lowest BCUT2D eigenvalue weighted by Crippen LogP contribution is -1.76. The van der Waals surface area contributed by atoms with E-state index >= 15 is 0 Å². The van der Waals surface area contributed by atoms with E-state index in [1.54, 1.807) is 12.3 Å². The van der Waals surface area contributed by atoms with Gasteiger partial charge in [0.15, 0.2) is 0 Å². The van der Waals surface area contributed by atoms with Crippen LogP contribution in [0.4, 0.5) is 0 Å². The second kappa shape index (κ2) is 4.13. The van der Waals surface area contributed by atoms with Crippen molar-refractivity contribution in [2.75, 3.05) is 0 Å². The summed E-state index contributed by atoms with van der Waals surface area (Å²) in [6.45, 7) is 0. The van der Waals surface area contributed by atoms with E-state index < -0.39 is 0 Å². The first kappa shape index (κ1) is 10.7. The average Bonchev–Trinajstić information content (AvgIpc) is 2.72.